The Balaban J connectivity index is 2.41. The zero-order chi connectivity index (χ0) is 15.2. The van der Waals surface area contributed by atoms with Gasteiger partial charge in [-0.3, -0.25) is 0 Å². The van der Waals surface area contributed by atoms with E-state index in [-0.39, 0.29) is 23.4 Å². The summed E-state index contributed by atoms with van der Waals surface area (Å²) >= 11 is 0. The van der Waals surface area contributed by atoms with Crippen LogP contribution >= 0.6 is 0 Å². The number of rotatable bonds is 4. The van der Waals surface area contributed by atoms with Gasteiger partial charge in [0, 0.05) is 14.1 Å². The van der Waals surface area contributed by atoms with E-state index in [1.807, 2.05) is 0 Å². The highest BCUT2D eigenvalue weighted by Gasteiger charge is 2.63. The van der Waals surface area contributed by atoms with Crippen molar-refractivity contribution in [2.24, 2.45) is 0 Å². The Morgan fingerprint density at radius 1 is 1.20 bits per heavy atom. The molecule has 112 valence electrons. The van der Waals surface area contributed by atoms with Gasteiger partial charge in [0.15, 0.2) is 0 Å². The average Bonchev–Trinajstić information content (AvgIpc) is 3.09. The van der Waals surface area contributed by atoms with Gasteiger partial charge in [-0.15, -0.1) is 0 Å². The minimum Gasteiger partial charge on any atom is -0.370 e. The van der Waals surface area contributed by atoms with E-state index in [4.69, 9.17) is 0 Å². The van der Waals surface area contributed by atoms with Gasteiger partial charge in [-0.25, -0.2) is 12.7 Å². The van der Waals surface area contributed by atoms with Crippen molar-refractivity contribution in [3.63, 3.8) is 0 Å². The van der Waals surface area contributed by atoms with Crippen LogP contribution in [0.25, 0.3) is 0 Å². The second kappa shape index (κ2) is 4.63. The van der Waals surface area contributed by atoms with E-state index in [1.54, 1.807) is 0 Å². The van der Waals surface area contributed by atoms with E-state index in [0.717, 1.165) is 4.31 Å². The maximum atomic E-state index is 12.9. The predicted octanol–water partition coefficient (Wildman–Crippen LogP) is 2.44. The lowest BCUT2D eigenvalue weighted by atomic mass is 10.2. The third-order valence-corrected chi connectivity index (χ3v) is 5.19. The zero-order valence-corrected chi connectivity index (χ0v) is 11.8. The first-order valence-corrected chi connectivity index (χ1v) is 7.41. The third-order valence-electron chi connectivity index (χ3n) is 3.31. The maximum Gasteiger partial charge on any atom is 0.411 e. The van der Waals surface area contributed by atoms with Gasteiger partial charge in [-0.1, -0.05) is 12.1 Å². The molecule has 0 spiro atoms. The number of nitrogens with zero attached hydrogens (tertiary/aromatic N) is 1. The second-order valence-electron chi connectivity index (χ2n) is 4.99. The highest BCUT2D eigenvalue weighted by molar-refractivity contribution is 7.89. The van der Waals surface area contributed by atoms with Crippen molar-refractivity contribution in [2.75, 3.05) is 19.4 Å². The van der Waals surface area contributed by atoms with Crippen LogP contribution in [0.3, 0.4) is 0 Å². The number of sulfonamides is 1. The summed E-state index contributed by atoms with van der Waals surface area (Å²) in [4.78, 5) is -0.152. The Kier molecular flexibility index (Phi) is 3.50. The van der Waals surface area contributed by atoms with Crippen molar-refractivity contribution in [1.29, 1.82) is 0 Å². The smallest absolute Gasteiger partial charge is 0.370 e. The fourth-order valence-electron chi connectivity index (χ4n) is 1.85. The van der Waals surface area contributed by atoms with Gasteiger partial charge in [-0.05, 0) is 25.0 Å². The summed E-state index contributed by atoms with van der Waals surface area (Å²) in [6.45, 7) is 0. The van der Waals surface area contributed by atoms with E-state index < -0.39 is 21.7 Å². The molecule has 0 amide bonds. The molecule has 0 heterocycles. The summed E-state index contributed by atoms with van der Waals surface area (Å²) in [6.07, 6.45) is -4.50. The Bertz CT molecular complexity index is 607. The molecular weight excluding hydrogens is 293 g/mol. The van der Waals surface area contributed by atoms with E-state index in [9.17, 15) is 21.6 Å². The molecule has 0 aromatic heterocycles. The second-order valence-corrected chi connectivity index (χ2v) is 7.11. The highest BCUT2D eigenvalue weighted by atomic mass is 32.2. The number of alkyl halides is 3. The van der Waals surface area contributed by atoms with Gasteiger partial charge in [-0.2, -0.15) is 13.2 Å². The summed E-state index contributed by atoms with van der Waals surface area (Å²) < 4.78 is 64.0. The molecular formula is C12H15F3N2O2S. The molecule has 8 heteroatoms. The third kappa shape index (κ3) is 2.49. The molecule has 0 atom stereocenters. The normalized spacial score (nSPS) is 18.1. The summed E-state index contributed by atoms with van der Waals surface area (Å²) in [5, 5.41) is 2.37. The molecule has 1 aliphatic rings. The predicted molar refractivity (Wildman–Crippen MR) is 69.0 cm³/mol. The van der Waals surface area contributed by atoms with Crippen molar-refractivity contribution < 1.29 is 21.6 Å². The molecule has 2 rings (SSSR count). The largest absolute Gasteiger partial charge is 0.411 e. The molecule has 1 aromatic carbocycles. The Labute approximate surface area is 115 Å². The molecule has 4 nitrogen and oxygen atoms in total. The standard InChI is InChI=1S/C12H15F3N2O2S/c1-17(2)20(18,19)10-6-4-3-5-9(10)16-11(7-8-11)12(13,14)15/h3-6,16H,7-8H2,1-2H3. The number of hydrogen-bond acceptors (Lipinski definition) is 3. The molecule has 1 saturated carbocycles. The number of anilines is 1. The minimum atomic E-state index is -4.40. The Morgan fingerprint density at radius 2 is 1.75 bits per heavy atom. The fourth-order valence-corrected chi connectivity index (χ4v) is 2.89. The maximum absolute atomic E-state index is 12.9. The van der Waals surface area contributed by atoms with Gasteiger partial charge in [0.05, 0.1) is 5.69 Å². The van der Waals surface area contributed by atoms with Crippen LogP contribution in [-0.4, -0.2) is 38.5 Å². The number of halogens is 3. The van der Waals surface area contributed by atoms with Crippen LogP contribution in [0.5, 0.6) is 0 Å². The van der Waals surface area contributed by atoms with Crippen molar-refractivity contribution in [3.05, 3.63) is 24.3 Å². The zero-order valence-electron chi connectivity index (χ0n) is 11.0. The van der Waals surface area contributed by atoms with Crippen molar-refractivity contribution in [3.8, 4) is 0 Å². The molecule has 0 radical (unpaired) electrons. The van der Waals surface area contributed by atoms with Crippen molar-refractivity contribution in [1.82, 2.24) is 4.31 Å². The number of nitrogens with one attached hydrogen (secondary N) is 1. The SMILES string of the molecule is CN(C)S(=O)(=O)c1ccccc1NC1(C(F)(F)F)CC1. The number of para-hydroxylation sites is 1. The molecule has 0 saturated heterocycles. The lowest BCUT2D eigenvalue weighted by Gasteiger charge is -2.24. The van der Waals surface area contributed by atoms with E-state index in [2.05, 4.69) is 5.32 Å². The van der Waals surface area contributed by atoms with Crippen LogP contribution in [-0.2, 0) is 10.0 Å². The van der Waals surface area contributed by atoms with Crippen molar-refractivity contribution in [2.45, 2.75) is 29.5 Å². The molecule has 20 heavy (non-hydrogen) atoms. The average molecular weight is 308 g/mol. The van der Waals surface area contributed by atoms with E-state index in [1.165, 1.54) is 38.4 Å². The van der Waals surface area contributed by atoms with Crippen LogP contribution in [0, 0.1) is 0 Å². The Morgan fingerprint density at radius 3 is 2.20 bits per heavy atom. The quantitative estimate of drug-likeness (QED) is 0.929. The molecule has 0 bridgehead atoms. The molecule has 1 aliphatic carbocycles. The highest BCUT2D eigenvalue weighted by Crippen LogP contribution is 2.51. The summed E-state index contributed by atoms with van der Waals surface area (Å²) in [5.41, 5.74) is -2.01. The molecule has 1 aromatic rings. The monoisotopic (exact) mass is 308 g/mol. The van der Waals surface area contributed by atoms with Gasteiger partial charge in [0.2, 0.25) is 10.0 Å². The minimum absolute atomic E-state index is 0.0176. The lowest BCUT2D eigenvalue weighted by Crippen LogP contribution is -2.39. The number of hydrogen-bond donors (Lipinski definition) is 1. The molecule has 0 aliphatic heterocycles. The molecule has 0 unspecified atom stereocenters. The lowest BCUT2D eigenvalue weighted by molar-refractivity contribution is -0.151. The van der Waals surface area contributed by atoms with Crippen LogP contribution < -0.4 is 5.32 Å². The summed E-state index contributed by atoms with van der Waals surface area (Å²) in [6, 6.07) is 5.63. The summed E-state index contributed by atoms with van der Waals surface area (Å²) in [5.74, 6) is 0. The first kappa shape index (κ1) is 15.1. The summed E-state index contributed by atoms with van der Waals surface area (Å²) in [7, 11) is -1.12. The first-order valence-electron chi connectivity index (χ1n) is 5.97. The number of benzene rings is 1. The van der Waals surface area contributed by atoms with Gasteiger partial charge in [0.1, 0.15) is 10.4 Å². The van der Waals surface area contributed by atoms with E-state index >= 15 is 0 Å². The Hall–Kier alpha value is -1.28. The van der Waals surface area contributed by atoms with Gasteiger partial charge >= 0.3 is 6.18 Å². The van der Waals surface area contributed by atoms with Crippen LogP contribution in [0.1, 0.15) is 12.8 Å². The van der Waals surface area contributed by atoms with E-state index in [0.29, 0.717) is 0 Å². The van der Waals surface area contributed by atoms with Crippen LogP contribution in [0.15, 0.2) is 29.2 Å². The van der Waals surface area contributed by atoms with Crippen molar-refractivity contribution >= 4 is 15.7 Å². The van der Waals surface area contributed by atoms with Crippen LogP contribution in [0.4, 0.5) is 18.9 Å². The van der Waals surface area contributed by atoms with Gasteiger partial charge in [0.25, 0.3) is 0 Å². The fraction of sp³-hybridized carbons (Fsp3) is 0.500. The molecule has 1 fully saturated rings. The molecule has 1 N–H and O–H groups in total. The van der Waals surface area contributed by atoms with Crippen LogP contribution in [0.2, 0.25) is 0 Å². The topological polar surface area (TPSA) is 49.4 Å². The first-order chi connectivity index (χ1) is 9.10. The van der Waals surface area contributed by atoms with Gasteiger partial charge < -0.3 is 5.32 Å².